The Morgan fingerprint density at radius 2 is 0.875 bits per heavy atom. The molecule has 6 unspecified atom stereocenters. The highest BCUT2D eigenvalue weighted by Crippen LogP contribution is 2.68. The average molecular weight is 1060 g/mol. The highest BCUT2D eigenvalue weighted by Gasteiger charge is 2.60. The number of thioether (sulfide) groups is 4. The number of unbranched alkanes of at least 4 members (excludes halogenated alkanes) is 7. The molecule has 2 aromatic carbocycles. The Morgan fingerprint density at radius 3 is 1.21 bits per heavy atom. The van der Waals surface area contributed by atoms with Gasteiger partial charge in [-0.3, -0.25) is 9.80 Å². The van der Waals surface area contributed by atoms with Crippen molar-refractivity contribution in [2.45, 2.75) is 148 Å². The van der Waals surface area contributed by atoms with Gasteiger partial charge in [-0.15, -0.1) is 47.0 Å². The lowest BCUT2D eigenvalue weighted by Gasteiger charge is -2.45. The van der Waals surface area contributed by atoms with Gasteiger partial charge in [0.05, 0.1) is 11.1 Å². The molecule has 0 radical (unpaired) electrons. The summed E-state index contributed by atoms with van der Waals surface area (Å²) in [5, 5.41) is 0. The van der Waals surface area contributed by atoms with Crippen LogP contribution in [0.4, 0.5) is 0 Å². The van der Waals surface area contributed by atoms with Crippen LogP contribution in [0.5, 0.6) is 0 Å². The monoisotopic (exact) mass is 1060 g/mol. The van der Waals surface area contributed by atoms with E-state index in [1.54, 1.807) is 13.8 Å². The molecule has 2 aromatic rings. The van der Waals surface area contributed by atoms with Gasteiger partial charge in [-0.2, -0.15) is 0 Å². The van der Waals surface area contributed by atoms with E-state index >= 15 is 0 Å². The van der Waals surface area contributed by atoms with E-state index in [1.165, 1.54) is 88.2 Å². The molecule has 394 valence electrons. The summed E-state index contributed by atoms with van der Waals surface area (Å²) in [7, 11) is 0. The van der Waals surface area contributed by atoms with E-state index in [0.29, 0.717) is 34.1 Å². The lowest BCUT2D eigenvalue weighted by Crippen LogP contribution is -2.47. The van der Waals surface area contributed by atoms with Gasteiger partial charge in [0.2, 0.25) is 0 Å². The molecule has 2 fully saturated rings. The zero-order valence-corrected chi connectivity index (χ0v) is 47.1. The highest BCUT2D eigenvalue weighted by atomic mass is 32.2. The number of hydrogen-bond donors (Lipinski definition) is 0. The van der Waals surface area contributed by atoms with Crippen molar-refractivity contribution < 1.29 is 38.1 Å². The second-order valence-corrected chi connectivity index (χ2v) is 25.9. The van der Waals surface area contributed by atoms with Gasteiger partial charge in [0.15, 0.2) is 0 Å². The molecule has 0 aromatic heterocycles. The molecule has 4 aliphatic rings. The molecule has 0 spiro atoms. The van der Waals surface area contributed by atoms with Crippen molar-refractivity contribution in [1.82, 2.24) is 9.80 Å². The number of nitrogens with zero attached hydrogens (tertiary/aromatic N) is 2. The fourth-order valence-electron chi connectivity index (χ4n) is 10.5. The van der Waals surface area contributed by atoms with Gasteiger partial charge in [-0.25, -0.2) is 19.2 Å². The Morgan fingerprint density at radius 1 is 0.542 bits per heavy atom. The highest BCUT2D eigenvalue weighted by molar-refractivity contribution is 8.19. The molecule has 2 aliphatic carbocycles. The second-order valence-electron chi connectivity index (χ2n) is 19.7. The Labute approximate surface area is 448 Å². The molecular formula is C58H80N2O8S4. The zero-order valence-electron chi connectivity index (χ0n) is 43.8. The standard InChI is InChI=1S/C58H80N2O8S4/c1-9-59(10-2)57(69-41-45-21-25-47(26-22-45)53(63)67-37-35-65-51(61)43(5)6)49-29-33-55(39-49,71-57)31-19-17-15-13-14-16-18-20-32-56-34-30-50(40-56)58(72-56,60(11-3)12-4)70-42-46-23-27-48(28-24-46)54(64)68-38-36-66-52(62)44(7)8/h21-30,33-34,49-50H,5,7,9-20,31-32,35-42H2,1-4,6,8H3. The smallest absolute Gasteiger partial charge is 0.338 e. The predicted octanol–water partition coefficient (Wildman–Crippen LogP) is 13.4. The van der Waals surface area contributed by atoms with Crippen LogP contribution in [0.2, 0.25) is 0 Å². The summed E-state index contributed by atoms with van der Waals surface area (Å²) in [5.41, 5.74) is 3.98. The van der Waals surface area contributed by atoms with Crippen molar-refractivity contribution in [3.63, 3.8) is 0 Å². The summed E-state index contributed by atoms with van der Waals surface area (Å²) in [4.78, 5) is 53.8. The molecule has 2 aliphatic heterocycles. The van der Waals surface area contributed by atoms with Crippen LogP contribution in [0.1, 0.15) is 150 Å². The largest absolute Gasteiger partial charge is 0.459 e. The van der Waals surface area contributed by atoms with Crippen LogP contribution < -0.4 is 0 Å². The number of fused-ring (bicyclic) bond motifs is 4. The number of hydrogen-bond acceptors (Lipinski definition) is 14. The van der Waals surface area contributed by atoms with E-state index in [-0.39, 0.29) is 44.3 Å². The minimum Gasteiger partial charge on any atom is -0.459 e. The van der Waals surface area contributed by atoms with Crippen LogP contribution in [0.25, 0.3) is 0 Å². The van der Waals surface area contributed by atoms with E-state index in [4.69, 9.17) is 18.9 Å². The number of rotatable bonds is 33. The molecule has 0 saturated carbocycles. The fraction of sp³-hybridized carbons (Fsp3) is 0.586. The predicted molar refractivity (Wildman–Crippen MR) is 300 cm³/mol. The fourth-order valence-corrected chi connectivity index (χ4v) is 19.0. The maximum atomic E-state index is 12.6. The maximum Gasteiger partial charge on any atom is 0.338 e. The third kappa shape index (κ3) is 14.7. The lowest BCUT2D eigenvalue weighted by molar-refractivity contribution is -0.140. The van der Waals surface area contributed by atoms with Crippen molar-refractivity contribution in [2.75, 3.05) is 52.6 Å². The van der Waals surface area contributed by atoms with Crippen molar-refractivity contribution in [2.24, 2.45) is 11.8 Å². The van der Waals surface area contributed by atoms with E-state index < -0.39 is 23.9 Å². The lowest BCUT2D eigenvalue weighted by atomic mass is 9.95. The molecule has 6 atom stereocenters. The summed E-state index contributed by atoms with van der Waals surface area (Å²) >= 11 is 8.52. The quantitative estimate of drug-likeness (QED) is 0.0169. The number of carbonyl (C=O) groups is 4. The van der Waals surface area contributed by atoms with Crippen LogP contribution in [0.15, 0.2) is 97.1 Å². The topological polar surface area (TPSA) is 112 Å². The van der Waals surface area contributed by atoms with Crippen LogP contribution in [-0.2, 0) is 40.0 Å². The van der Waals surface area contributed by atoms with Crippen LogP contribution in [0.3, 0.4) is 0 Å². The zero-order chi connectivity index (χ0) is 51.8. The van der Waals surface area contributed by atoms with Gasteiger partial charge in [0, 0.05) is 44.0 Å². The molecule has 2 saturated heterocycles. The summed E-state index contributed by atoms with van der Waals surface area (Å²) < 4.78 is 21.1. The molecule has 72 heavy (non-hydrogen) atoms. The normalized spacial score (nSPS) is 24.6. The van der Waals surface area contributed by atoms with Crippen molar-refractivity contribution in [3.8, 4) is 0 Å². The first-order valence-corrected chi connectivity index (χ1v) is 30.0. The van der Waals surface area contributed by atoms with Crippen LogP contribution >= 0.6 is 47.0 Å². The third-order valence-corrected chi connectivity index (χ3v) is 22.1. The number of carbonyl (C=O) groups excluding carboxylic acids is 4. The first kappa shape index (κ1) is 57.9. The van der Waals surface area contributed by atoms with Gasteiger partial charge in [0.1, 0.15) is 34.8 Å². The molecule has 4 bridgehead atoms. The van der Waals surface area contributed by atoms with Crippen molar-refractivity contribution >= 4 is 70.9 Å². The SMILES string of the molecule is C=C(C)C(=O)OCCOC(=O)c1ccc(CSC2(N(CC)CC)SC3(CCCCCCCCCCC45C=CC(C4)C(SCc4ccc(C(=O)OCCOC(=O)C(=C)C)cc4)(N(CC)CC)S5)C=CC2C3)cc1. The molecule has 10 nitrogen and oxygen atoms in total. The van der Waals surface area contributed by atoms with E-state index in [0.717, 1.165) is 37.7 Å². The minimum atomic E-state index is -0.489. The van der Waals surface area contributed by atoms with E-state index in [9.17, 15) is 19.2 Å². The van der Waals surface area contributed by atoms with Gasteiger partial charge in [-0.05, 0) is 101 Å². The maximum absolute atomic E-state index is 12.6. The van der Waals surface area contributed by atoms with Crippen molar-refractivity contribution in [3.05, 3.63) is 119 Å². The molecule has 0 N–H and O–H groups in total. The van der Waals surface area contributed by atoms with Crippen LogP contribution in [-0.4, -0.2) is 104 Å². The second kappa shape index (κ2) is 27.4. The first-order chi connectivity index (χ1) is 34.7. The summed E-state index contributed by atoms with van der Waals surface area (Å²) in [6.45, 7) is 23.5. The van der Waals surface area contributed by atoms with Crippen LogP contribution in [0, 0.1) is 11.8 Å². The summed E-state index contributed by atoms with van der Waals surface area (Å²) in [6, 6.07) is 15.5. The number of esters is 4. The Kier molecular flexibility index (Phi) is 22.0. The van der Waals surface area contributed by atoms with E-state index in [2.05, 4.69) is 122 Å². The number of benzene rings is 2. The van der Waals surface area contributed by atoms with Crippen molar-refractivity contribution in [1.29, 1.82) is 0 Å². The van der Waals surface area contributed by atoms with Gasteiger partial charge in [-0.1, -0.05) is 141 Å². The third-order valence-electron chi connectivity index (χ3n) is 14.5. The van der Waals surface area contributed by atoms with Gasteiger partial charge < -0.3 is 18.9 Å². The molecule has 2 heterocycles. The molecular weight excluding hydrogens is 981 g/mol. The number of ether oxygens (including phenoxy) is 4. The Balaban J connectivity index is 0.885. The van der Waals surface area contributed by atoms with E-state index in [1.807, 2.05) is 48.5 Å². The molecule has 14 heteroatoms. The Hall–Kier alpha value is -3.40. The van der Waals surface area contributed by atoms with Gasteiger partial charge in [0.25, 0.3) is 0 Å². The van der Waals surface area contributed by atoms with Gasteiger partial charge >= 0.3 is 23.9 Å². The summed E-state index contributed by atoms with van der Waals surface area (Å²) in [5.74, 6) is 0.914. The average Bonchev–Trinajstić information content (AvgIpc) is 4.16. The minimum absolute atomic E-state index is 0.00313. The summed E-state index contributed by atoms with van der Waals surface area (Å²) in [6.07, 6.45) is 25.4. The first-order valence-electron chi connectivity index (χ1n) is 26.4. The molecule has 6 rings (SSSR count). The molecule has 0 amide bonds. The Bertz CT molecular complexity index is 2070.